The molecule has 0 aliphatic rings. The van der Waals surface area contributed by atoms with Crippen molar-refractivity contribution in [3.8, 4) is 0 Å². The lowest BCUT2D eigenvalue weighted by molar-refractivity contribution is 0.348. The van der Waals surface area contributed by atoms with Crippen LogP contribution in [0.1, 0.15) is 6.92 Å². The Kier molecular flexibility index (Phi) is 3.39. The van der Waals surface area contributed by atoms with Gasteiger partial charge in [-0.15, -0.1) is 10.8 Å². The van der Waals surface area contributed by atoms with Crippen molar-refractivity contribution in [3.05, 3.63) is 0 Å². The predicted octanol–water partition coefficient (Wildman–Crippen LogP) is 0.807. The molecule has 0 heterocycles. The highest BCUT2D eigenvalue weighted by Crippen LogP contribution is 2.38. The van der Waals surface area contributed by atoms with Gasteiger partial charge in [0.25, 0.3) is 0 Å². The first-order chi connectivity index (χ1) is 3.68. The van der Waals surface area contributed by atoms with Gasteiger partial charge in [0.05, 0.1) is 20.0 Å². The van der Waals surface area contributed by atoms with Crippen LogP contribution < -0.4 is 5.14 Å². The van der Waals surface area contributed by atoms with Crippen LogP contribution in [-0.4, -0.2) is 20.0 Å². The van der Waals surface area contributed by atoms with Gasteiger partial charge in [-0.1, -0.05) is 0 Å². The molecule has 3 nitrogen and oxygen atoms in total. The zero-order valence-corrected chi connectivity index (χ0v) is 6.33. The minimum absolute atomic E-state index is 0.736. The fraction of sp³-hybridized carbons (Fsp3) is 1.00. The average Bonchev–Trinajstić information content (AvgIpc) is 1.87. The minimum Gasteiger partial charge on any atom is -0.274 e. The Morgan fingerprint density at radius 2 is 1.75 bits per heavy atom. The second-order valence-electron chi connectivity index (χ2n) is 1.28. The largest absolute Gasteiger partial charge is 0.274 e. The van der Waals surface area contributed by atoms with Gasteiger partial charge in [0.2, 0.25) is 0 Å². The first-order valence-electron chi connectivity index (χ1n) is 2.38. The lowest BCUT2D eigenvalue weighted by atomic mass is 11.0. The lowest BCUT2D eigenvalue weighted by Crippen LogP contribution is -2.16. The number of nitrogens with two attached hydrogens (primary N) is 1. The molecule has 0 radical (unpaired) electrons. The van der Waals surface area contributed by atoms with E-state index in [0.717, 1.165) is 5.75 Å². The van der Waals surface area contributed by atoms with E-state index in [-0.39, 0.29) is 0 Å². The third-order valence-corrected chi connectivity index (χ3v) is 2.90. The van der Waals surface area contributed by atoms with Crippen molar-refractivity contribution in [1.29, 1.82) is 0 Å². The van der Waals surface area contributed by atoms with Gasteiger partial charge in [-0.3, -0.25) is 8.37 Å². The SMILES string of the molecule is CCS(N)(OC)OC. The Morgan fingerprint density at radius 1 is 1.38 bits per heavy atom. The molecule has 0 aliphatic carbocycles. The van der Waals surface area contributed by atoms with Crippen LogP contribution in [0.2, 0.25) is 0 Å². The molecule has 0 aromatic carbocycles. The van der Waals surface area contributed by atoms with E-state index < -0.39 is 10.8 Å². The van der Waals surface area contributed by atoms with Crippen LogP contribution in [0.4, 0.5) is 0 Å². The van der Waals surface area contributed by atoms with Gasteiger partial charge >= 0.3 is 0 Å². The minimum atomic E-state index is -1.65. The Labute approximate surface area is 52.0 Å². The smallest absolute Gasteiger partial charge is 0.0620 e. The van der Waals surface area contributed by atoms with Crippen LogP contribution >= 0.6 is 10.8 Å². The maximum atomic E-state index is 5.53. The molecule has 0 saturated carbocycles. The molecule has 0 aliphatic heterocycles. The maximum Gasteiger partial charge on any atom is 0.0620 e. The second kappa shape index (κ2) is 3.29. The Morgan fingerprint density at radius 3 is 1.75 bits per heavy atom. The molecule has 0 aromatic rings. The number of rotatable bonds is 3. The zero-order chi connectivity index (χ0) is 6.62. The topological polar surface area (TPSA) is 44.5 Å². The Bertz CT molecular complexity index is 56.8. The first kappa shape index (κ1) is 8.23. The summed E-state index contributed by atoms with van der Waals surface area (Å²) in [5, 5.41) is 5.53. The van der Waals surface area contributed by atoms with E-state index in [1.807, 2.05) is 6.92 Å². The van der Waals surface area contributed by atoms with Gasteiger partial charge in [0.15, 0.2) is 0 Å². The van der Waals surface area contributed by atoms with E-state index in [4.69, 9.17) is 13.5 Å². The van der Waals surface area contributed by atoms with Crippen LogP contribution in [0.15, 0.2) is 0 Å². The Hall–Kier alpha value is 0.230. The first-order valence-corrected chi connectivity index (χ1v) is 4.10. The molecule has 0 unspecified atom stereocenters. The fourth-order valence-corrected chi connectivity index (χ4v) is 0.911. The molecular formula is C4H13NO2S. The molecule has 0 fully saturated rings. The molecule has 0 bridgehead atoms. The van der Waals surface area contributed by atoms with Crippen molar-refractivity contribution in [2.24, 2.45) is 5.14 Å². The van der Waals surface area contributed by atoms with E-state index in [1.54, 1.807) is 14.2 Å². The third-order valence-electron chi connectivity index (χ3n) is 0.967. The summed E-state index contributed by atoms with van der Waals surface area (Å²) in [6, 6.07) is 0. The van der Waals surface area contributed by atoms with Crippen molar-refractivity contribution in [2.45, 2.75) is 6.92 Å². The quantitative estimate of drug-likeness (QED) is 0.629. The van der Waals surface area contributed by atoms with Gasteiger partial charge in [0, 0.05) is 0 Å². The molecule has 52 valence electrons. The lowest BCUT2D eigenvalue weighted by Gasteiger charge is -2.34. The van der Waals surface area contributed by atoms with E-state index in [0.29, 0.717) is 0 Å². The van der Waals surface area contributed by atoms with E-state index in [1.165, 1.54) is 0 Å². The van der Waals surface area contributed by atoms with Crippen LogP contribution in [0.5, 0.6) is 0 Å². The summed E-state index contributed by atoms with van der Waals surface area (Å²) in [5.41, 5.74) is 0. The van der Waals surface area contributed by atoms with Crippen molar-refractivity contribution in [2.75, 3.05) is 20.0 Å². The van der Waals surface area contributed by atoms with Crippen LogP contribution in [-0.2, 0) is 8.37 Å². The summed E-state index contributed by atoms with van der Waals surface area (Å²) >= 11 is 0. The molecule has 0 atom stereocenters. The van der Waals surface area contributed by atoms with E-state index >= 15 is 0 Å². The molecule has 2 N–H and O–H groups in total. The highest BCUT2D eigenvalue weighted by molar-refractivity contribution is 8.23. The molecular weight excluding hydrogens is 126 g/mol. The van der Waals surface area contributed by atoms with Crippen LogP contribution in [0, 0.1) is 0 Å². The van der Waals surface area contributed by atoms with Gasteiger partial charge in [-0.05, 0) is 6.92 Å². The molecule has 4 heteroatoms. The summed E-state index contributed by atoms with van der Waals surface area (Å²) < 4.78 is 9.75. The monoisotopic (exact) mass is 139 g/mol. The van der Waals surface area contributed by atoms with Crippen LogP contribution in [0.25, 0.3) is 0 Å². The van der Waals surface area contributed by atoms with Crippen molar-refractivity contribution in [3.63, 3.8) is 0 Å². The Balaban J connectivity index is 3.58. The number of hydrogen-bond donors (Lipinski definition) is 1. The highest BCUT2D eigenvalue weighted by Gasteiger charge is 2.06. The summed E-state index contributed by atoms with van der Waals surface area (Å²) in [4.78, 5) is 0. The van der Waals surface area contributed by atoms with Crippen molar-refractivity contribution in [1.82, 2.24) is 0 Å². The second-order valence-corrected chi connectivity index (χ2v) is 3.85. The molecule has 0 rings (SSSR count). The fourth-order valence-electron chi connectivity index (χ4n) is 0.304. The highest BCUT2D eigenvalue weighted by atomic mass is 32.3. The molecule has 0 aromatic heterocycles. The van der Waals surface area contributed by atoms with E-state index in [2.05, 4.69) is 0 Å². The molecule has 0 spiro atoms. The van der Waals surface area contributed by atoms with Gasteiger partial charge in [-0.25, -0.2) is 5.14 Å². The molecule has 0 amide bonds. The van der Waals surface area contributed by atoms with Gasteiger partial charge in [-0.2, -0.15) is 0 Å². The maximum absolute atomic E-state index is 5.53. The zero-order valence-electron chi connectivity index (χ0n) is 5.51. The normalized spacial score (nSPS) is 14.0. The average molecular weight is 139 g/mol. The molecule has 0 saturated heterocycles. The predicted molar refractivity (Wildman–Crippen MR) is 36.3 cm³/mol. The van der Waals surface area contributed by atoms with Crippen molar-refractivity contribution >= 4 is 10.8 Å². The summed E-state index contributed by atoms with van der Waals surface area (Å²) in [6.45, 7) is 1.93. The molecule has 8 heavy (non-hydrogen) atoms. The van der Waals surface area contributed by atoms with E-state index in [9.17, 15) is 0 Å². The van der Waals surface area contributed by atoms with Gasteiger partial charge in [0.1, 0.15) is 0 Å². The standard InChI is InChI=1S/C4H13NO2S/c1-4-8(5,6-2)7-3/h4-5H2,1-3H3. The summed E-state index contributed by atoms with van der Waals surface area (Å²) in [7, 11) is 1.46. The third kappa shape index (κ3) is 2.00. The van der Waals surface area contributed by atoms with Crippen molar-refractivity contribution < 1.29 is 8.37 Å². The van der Waals surface area contributed by atoms with Crippen LogP contribution in [0.3, 0.4) is 0 Å². The summed E-state index contributed by atoms with van der Waals surface area (Å²) in [6.07, 6.45) is 0. The van der Waals surface area contributed by atoms with Gasteiger partial charge < -0.3 is 0 Å². The summed E-state index contributed by atoms with van der Waals surface area (Å²) in [5.74, 6) is 0.736. The number of hydrogen-bond acceptors (Lipinski definition) is 3.